The van der Waals surface area contributed by atoms with Gasteiger partial charge < -0.3 is 19.3 Å². The number of ether oxygens (including phenoxy) is 3. The van der Waals surface area contributed by atoms with Gasteiger partial charge in [0.15, 0.2) is 16.9 Å². The molecule has 0 amide bonds. The van der Waals surface area contributed by atoms with Crippen molar-refractivity contribution in [2.24, 2.45) is 5.41 Å². The fourth-order valence-electron chi connectivity index (χ4n) is 1.62. The Labute approximate surface area is 117 Å². The van der Waals surface area contributed by atoms with Crippen molar-refractivity contribution in [3.8, 4) is 11.5 Å². The number of aliphatic carboxylic acids is 1. The van der Waals surface area contributed by atoms with E-state index in [1.165, 1.54) is 14.0 Å². The van der Waals surface area contributed by atoms with Gasteiger partial charge >= 0.3 is 11.9 Å². The number of carbonyl (C=O) groups is 2. The maximum Gasteiger partial charge on any atom is 0.323 e. The lowest BCUT2D eigenvalue weighted by Gasteiger charge is -2.21. The maximum atomic E-state index is 11.6. The van der Waals surface area contributed by atoms with Crippen LogP contribution in [0.5, 0.6) is 11.5 Å². The van der Waals surface area contributed by atoms with Crippen molar-refractivity contribution in [3.63, 3.8) is 0 Å². The predicted molar refractivity (Wildman–Crippen MR) is 70.9 cm³/mol. The van der Waals surface area contributed by atoms with Gasteiger partial charge in [-0.25, -0.2) is 0 Å². The second-order valence-electron chi connectivity index (χ2n) is 4.38. The second-order valence-corrected chi connectivity index (χ2v) is 4.38. The highest BCUT2D eigenvalue weighted by molar-refractivity contribution is 5.98. The van der Waals surface area contributed by atoms with Crippen LogP contribution < -0.4 is 9.47 Å². The Morgan fingerprint density at radius 3 is 2.30 bits per heavy atom. The largest absolute Gasteiger partial charge is 0.493 e. The highest BCUT2D eigenvalue weighted by atomic mass is 16.5. The molecule has 110 valence electrons. The van der Waals surface area contributed by atoms with E-state index in [1.807, 2.05) is 0 Å². The van der Waals surface area contributed by atoms with Crippen molar-refractivity contribution in [1.29, 1.82) is 0 Å². The van der Waals surface area contributed by atoms with Crippen molar-refractivity contribution in [2.45, 2.75) is 13.3 Å². The van der Waals surface area contributed by atoms with Gasteiger partial charge in [0.05, 0.1) is 20.8 Å². The molecule has 1 unspecified atom stereocenters. The molecule has 0 fully saturated rings. The Bertz CT molecular complexity index is 484. The molecule has 1 atom stereocenters. The Morgan fingerprint density at radius 1 is 1.20 bits per heavy atom. The average Bonchev–Trinajstić information content (AvgIpc) is 2.46. The zero-order valence-corrected chi connectivity index (χ0v) is 11.7. The van der Waals surface area contributed by atoms with Crippen LogP contribution in [0.1, 0.15) is 13.3 Å². The zero-order valence-electron chi connectivity index (χ0n) is 11.7. The van der Waals surface area contributed by atoms with Crippen molar-refractivity contribution in [2.75, 3.05) is 20.8 Å². The highest BCUT2D eigenvalue weighted by Gasteiger charge is 2.42. The first-order valence-corrected chi connectivity index (χ1v) is 6.03. The Hall–Kier alpha value is -2.24. The fraction of sp³-hybridized carbons (Fsp3) is 0.429. The number of carboxylic acid groups (broad SMARTS) is 1. The number of esters is 1. The lowest BCUT2D eigenvalue weighted by atomic mass is 9.87. The standard InChI is InChI=1S/C14H18O6/c1-14(12(15)16,13(17)19-3)8-9-20-11-7-5-4-6-10(11)18-2/h4-7H,8-9H2,1-3H3,(H,15,16). The molecule has 6 nitrogen and oxygen atoms in total. The summed E-state index contributed by atoms with van der Waals surface area (Å²) in [4.78, 5) is 22.8. The third kappa shape index (κ3) is 3.40. The SMILES string of the molecule is COC(=O)C(C)(CCOc1ccccc1OC)C(=O)O. The smallest absolute Gasteiger partial charge is 0.323 e. The first-order chi connectivity index (χ1) is 9.45. The van der Waals surface area contributed by atoms with E-state index in [0.717, 1.165) is 7.11 Å². The Kier molecular flexibility index (Phi) is 5.37. The molecule has 0 aliphatic carbocycles. The Balaban J connectivity index is 2.70. The molecule has 0 bridgehead atoms. The summed E-state index contributed by atoms with van der Waals surface area (Å²) >= 11 is 0. The normalized spacial score (nSPS) is 13.2. The van der Waals surface area contributed by atoms with Gasteiger partial charge in [0.2, 0.25) is 0 Å². The van der Waals surface area contributed by atoms with Crippen LogP contribution in [0.2, 0.25) is 0 Å². The number of para-hydroxylation sites is 2. The molecule has 1 rings (SSSR count). The summed E-state index contributed by atoms with van der Waals surface area (Å²) in [6, 6.07) is 7.00. The van der Waals surface area contributed by atoms with E-state index < -0.39 is 17.4 Å². The number of hydrogen-bond acceptors (Lipinski definition) is 5. The van der Waals surface area contributed by atoms with E-state index in [4.69, 9.17) is 14.6 Å². The molecule has 0 aliphatic rings. The lowest BCUT2D eigenvalue weighted by molar-refractivity contribution is -0.166. The van der Waals surface area contributed by atoms with Crippen LogP contribution in [0, 0.1) is 5.41 Å². The molecule has 0 saturated carbocycles. The van der Waals surface area contributed by atoms with Crippen LogP contribution >= 0.6 is 0 Å². The molecule has 6 heteroatoms. The van der Waals surface area contributed by atoms with Gasteiger partial charge in [0, 0.05) is 6.42 Å². The van der Waals surface area contributed by atoms with E-state index in [2.05, 4.69) is 4.74 Å². The maximum absolute atomic E-state index is 11.6. The molecule has 0 spiro atoms. The number of carboxylic acids is 1. The number of rotatable bonds is 7. The summed E-state index contributed by atoms with van der Waals surface area (Å²) in [6.07, 6.45) is -0.00689. The van der Waals surface area contributed by atoms with E-state index in [1.54, 1.807) is 24.3 Å². The van der Waals surface area contributed by atoms with Gasteiger partial charge in [-0.1, -0.05) is 12.1 Å². The van der Waals surface area contributed by atoms with Crippen molar-refractivity contribution >= 4 is 11.9 Å². The minimum absolute atomic E-state index is 0.00689. The van der Waals surface area contributed by atoms with Crippen molar-refractivity contribution in [1.82, 2.24) is 0 Å². The number of carbonyl (C=O) groups excluding carboxylic acids is 1. The third-order valence-electron chi connectivity index (χ3n) is 3.04. The summed E-state index contributed by atoms with van der Waals surface area (Å²) < 4.78 is 15.1. The van der Waals surface area contributed by atoms with Gasteiger partial charge in [-0.2, -0.15) is 0 Å². The van der Waals surface area contributed by atoms with Crippen LogP contribution in [0.25, 0.3) is 0 Å². The molecule has 0 heterocycles. The van der Waals surface area contributed by atoms with Crippen LogP contribution in [0.15, 0.2) is 24.3 Å². The van der Waals surface area contributed by atoms with Crippen LogP contribution in [-0.4, -0.2) is 37.9 Å². The average molecular weight is 282 g/mol. The van der Waals surface area contributed by atoms with Crippen LogP contribution in [0.3, 0.4) is 0 Å². The predicted octanol–water partition coefficient (Wildman–Crippen LogP) is 1.73. The second kappa shape index (κ2) is 6.79. The third-order valence-corrected chi connectivity index (χ3v) is 3.04. The molecule has 1 aromatic carbocycles. The van der Waals surface area contributed by atoms with Gasteiger partial charge in [-0.05, 0) is 19.1 Å². The van der Waals surface area contributed by atoms with E-state index in [9.17, 15) is 9.59 Å². The summed E-state index contributed by atoms with van der Waals surface area (Å²) in [6.45, 7) is 1.37. The van der Waals surface area contributed by atoms with E-state index in [0.29, 0.717) is 11.5 Å². The fourth-order valence-corrected chi connectivity index (χ4v) is 1.62. The molecule has 0 radical (unpaired) electrons. The molecular weight excluding hydrogens is 264 g/mol. The zero-order chi connectivity index (χ0) is 15.2. The Morgan fingerprint density at radius 2 is 1.80 bits per heavy atom. The summed E-state index contributed by atoms with van der Waals surface area (Å²) in [5.74, 6) is -1.00. The molecule has 1 N–H and O–H groups in total. The summed E-state index contributed by atoms with van der Waals surface area (Å²) in [7, 11) is 2.67. The quantitative estimate of drug-likeness (QED) is 0.606. The van der Waals surface area contributed by atoms with Crippen LogP contribution in [-0.2, 0) is 14.3 Å². The molecule has 20 heavy (non-hydrogen) atoms. The lowest BCUT2D eigenvalue weighted by Crippen LogP contribution is -2.38. The molecular formula is C14H18O6. The monoisotopic (exact) mass is 282 g/mol. The minimum Gasteiger partial charge on any atom is -0.493 e. The first-order valence-electron chi connectivity index (χ1n) is 6.03. The molecule has 0 aliphatic heterocycles. The molecule has 0 aromatic heterocycles. The van der Waals surface area contributed by atoms with Crippen molar-refractivity contribution in [3.05, 3.63) is 24.3 Å². The number of benzene rings is 1. The van der Waals surface area contributed by atoms with Gasteiger partial charge in [-0.3, -0.25) is 9.59 Å². The minimum atomic E-state index is -1.63. The van der Waals surface area contributed by atoms with Gasteiger partial charge in [0.25, 0.3) is 0 Å². The first kappa shape index (κ1) is 15.8. The topological polar surface area (TPSA) is 82.1 Å². The number of methoxy groups -OCH3 is 2. The van der Waals surface area contributed by atoms with Crippen molar-refractivity contribution < 1.29 is 28.9 Å². The van der Waals surface area contributed by atoms with Crippen LogP contribution in [0.4, 0.5) is 0 Å². The molecule has 0 saturated heterocycles. The molecule has 1 aromatic rings. The summed E-state index contributed by atoms with van der Waals surface area (Å²) in [5, 5.41) is 9.15. The van der Waals surface area contributed by atoms with E-state index >= 15 is 0 Å². The van der Waals surface area contributed by atoms with Gasteiger partial charge in [-0.15, -0.1) is 0 Å². The van der Waals surface area contributed by atoms with Gasteiger partial charge in [0.1, 0.15) is 0 Å². The van der Waals surface area contributed by atoms with E-state index in [-0.39, 0.29) is 13.0 Å². The summed E-state index contributed by atoms with van der Waals surface area (Å²) in [5.41, 5.74) is -1.63. The highest BCUT2D eigenvalue weighted by Crippen LogP contribution is 2.28. The number of hydrogen-bond donors (Lipinski definition) is 1.